The number of carbonyl (C=O) groups excluding carboxylic acids is 1. The van der Waals surface area contributed by atoms with Crippen LogP contribution in [-0.4, -0.2) is 30.8 Å². The van der Waals surface area contributed by atoms with Gasteiger partial charge < -0.3 is 10.2 Å². The number of thioether (sulfide) groups is 1. The minimum atomic E-state index is 0.0231. The van der Waals surface area contributed by atoms with E-state index in [1.807, 2.05) is 28.8 Å². The van der Waals surface area contributed by atoms with Crippen molar-refractivity contribution in [2.45, 2.75) is 30.2 Å². The third-order valence-corrected chi connectivity index (χ3v) is 4.65. The van der Waals surface area contributed by atoms with Crippen LogP contribution in [0.25, 0.3) is 0 Å². The zero-order valence-electron chi connectivity index (χ0n) is 10.4. The van der Waals surface area contributed by atoms with Gasteiger partial charge in [-0.3, -0.25) is 4.79 Å². The molecule has 0 aliphatic carbocycles. The molecule has 0 unspecified atom stereocenters. The van der Waals surface area contributed by atoms with Crippen molar-refractivity contribution < 1.29 is 4.79 Å². The van der Waals surface area contributed by atoms with Gasteiger partial charge in [-0.25, -0.2) is 0 Å². The fourth-order valence-corrected chi connectivity index (χ4v) is 3.64. The summed E-state index contributed by atoms with van der Waals surface area (Å²) >= 11 is 1.84. The van der Waals surface area contributed by atoms with Gasteiger partial charge in [0.25, 0.3) is 0 Å². The Morgan fingerprint density at radius 3 is 3.06 bits per heavy atom. The first-order valence-electron chi connectivity index (χ1n) is 6.63. The molecule has 1 fully saturated rings. The van der Waals surface area contributed by atoms with Crippen LogP contribution < -0.4 is 10.2 Å². The fraction of sp³-hybridized carbons (Fsp3) is 0.500. The molecular weight excluding hydrogens is 244 g/mol. The molecule has 4 heteroatoms. The Morgan fingerprint density at radius 2 is 2.22 bits per heavy atom. The summed E-state index contributed by atoms with van der Waals surface area (Å²) in [6, 6.07) is 8.24. The quantitative estimate of drug-likeness (QED) is 0.842. The van der Waals surface area contributed by atoms with Crippen LogP contribution in [0.5, 0.6) is 0 Å². The van der Waals surface area contributed by atoms with Gasteiger partial charge in [0, 0.05) is 17.2 Å². The van der Waals surface area contributed by atoms with Crippen LogP contribution in [0, 0.1) is 0 Å². The Bertz CT molecular complexity index is 443. The third-order valence-electron chi connectivity index (χ3n) is 3.60. The molecule has 0 aromatic heterocycles. The Hall–Kier alpha value is -1.00. The molecule has 0 bridgehead atoms. The summed E-state index contributed by atoms with van der Waals surface area (Å²) < 4.78 is 0. The first-order valence-corrected chi connectivity index (χ1v) is 7.61. The first-order chi connectivity index (χ1) is 8.86. The molecule has 1 aromatic carbocycles. The van der Waals surface area contributed by atoms with Crippen molar-refractivity contribution in [3.63, 3.8) is 0 Å². The van der Waals surface area contributed by atoms with E-state index in [1.165, 1.54) is 11.3 Å². The van der Waals surface area contributed by atoms with Gasteiger partial charge in [-0.15, -0.1) is 11.8 Å². The van der Waals surface area contributed by atoms with E-state index in [1.54, 1.807) is 0 Å². The van der Waals surface area contributed by atoms with Crippen molar-refractivity contribution in [3.05, 3.63) is 24.3 Å². The molecule has 2 aliphatic heterocycles. The second-order valence-electron chi connectivity index (χ2n) is 4.81. The van der Waals surface area contributed by atoms with Crippen LogP contribution in [0.2, 0.25) is 0 Å². The Morgan fingerprint density at radius 1 is 1.33 bits per heavy atom. The van der Waals surface area contributed by atoms with Crippen molar-refractivity contribution in [3.8, 4) is 0 Å². The fourth-order valence-electron chi connectivity index (χ4n) is 2.65. The summed E-state index contributed by atoms with van der Waals surface area (Å²) in [4.78, 5) is 15.8. The Labute approximate surface area is 112 Å². The smallest absolute Gasteiger partial charge is 0.244 e. The van der Waals surface area contributed by atoms with Gasteiger partial charge in [0.2, 0.25) is 5.91 Å². The highest BCUT2D eigenvalue weighted by Crippen LogP contribution is 2.34. The van der Waals surface area contributed by atoms with E-state index in [4.69, 9.17) is 0 Å². The lowest BCUT2D eigenvalue weighted by atomic mass is 10.0. The van der Waals surface area contributed by atoms with Crippen LogP contribution in [0.15, 0.2) is 29.2 Å². The van der Waals surface area contributed by atoms with Gasteiger partial charge in [-0.2, -0.15) is 0 Å². The SMILES string of the molecule is O=C([C@H]1CCCCN1)N1CCSc2ccccc21. The van der Waals surface area contributed by atoms with Gasteiger partial charge in [-0.1, -0.05) is 18.6 Å². The summed E-state index contributed by atoms with van der Waals surface area (Å²) in [5.41, 5.74) is 1.09. The highest BCUT2D eigenvalue weighted by Gasteiger charge is 2.29. The number of carbonyl (C=O) groups is 1. The molecular formula is C14H18N2OS. The normalized spacial score (nSPS) is 23.6. The number of nitrogens with one attached hydrogen (secondary N) is 1. The molecule has 1 saturated heterocycles. The second-order valence-corrected chi connectivity index (χ2v) is 5.95. The van der Waals surface area contributed by atoms with E-state index >= 15 is 0 Å². The molecule has 1 amide bonds. The van der Waals surface area contributed by atoms with Crippen LogP contribution >= 0.6 is 11.8 Å². The second kappa shape index (κ2) is 5.33. The number of nitrogens with zero attached hydrogens (tertiary/aromatic N) is 1. The Balaban J connectivity index is 1.82. The van der Waals surface area contributed by atoms with Crippen molar-refractivity contribution in [1.82, 2.24) is 5.32 Å². The minimum absolute atomic E-state index is 0.0231. The zero-order chi connectivity index (χ0) is 12.4. The molecule has 1 N–H and O–H groups in total. The summed E-state index contributed by atoms with van der Waals surface area (Å²) in [5, 5.41) is 3.35. The van der Waals surface area contributed by atoms with E-state index in [2.05, 4.69) is 17.4 Å². The summed E-state index contributed by atoms with van der Waals surface area (Å²) in [5.74, 6) is 1.25. The number of hydrogen-bond donors (Lipinski definition) is 1. The number of piperidine rings is 1. The first kappa shape index (κ1) is 12.1. The highest BCUT2D eigenvalue weighted by atomic mass is 32.2. The van der Waals surface area contributed by atoms with Crippen molar-refractivity contribution in [2.24, 2.45) is 0 Å². The molecule has 2 aliphatic rings. The molecule has 2 heterocycles. The van der Waals surface area contributed by atoms with Crippen LogP contribution in [-0.2, 0) is 4.79 Å². The maximum absolute atomic E-state index is 12.6. The lowest BCUT2D eigenvalue weighted by Gasteiger charge is -2.33. The lowest BCUT2D eigenvalue weighted by Crippen LogP contribution is -2.50. The lowest BCUT2D eigenvalue weighted by molar-refractivity contribution is -0.121. The molecule has 0 radical (unpaired) electrons. The zero-order valence-corrected chi connectivity index (χ0v) is 11.2. The number of rotatable bonds is 1. The predicted molar refractivity (Wildman–Crippen MR) is 75.2 cm³/mol. The van der Waals surface area contributed by atoms with Crippen molar-refractivity contribution in [1.29, 1.82) is 0 Å². The van der Waals surface area contributed by atoms with Crippen molar-refractivity contribution in [2.75, 3.05) is 23.7 Å². The standard InChI is InChI=1S/C14H18N2OS/c17-14(11-5-3-4-8-15-11)16-9-10-18-13-7-2-1-6-12(13)16/h1-2,6-7,11,15H,3-5,8-10H2/t11-/m1/s1. The molecule has 96 valence electrons. The predicted octanol–water partition coefficient (Wildman–Crippen LogP) is 2.27. The number of anilines is 1. The van der Waals surface area contributed by atoms with E-state index in [0.717, 1.165) is 37.4 Å². The molecule has 18 heavy (non-hydrogen) atoms. The van der Waals surface area contributed by atoms with Gasteiger partial charge >= 0.3 is 0 Å². The van der Waals surface area contributed by atoms with Crippen molar-refractivity contribution >= 4 is 23.4 Å². The summed E-state index contributed by atoms with van der Waals surface area (Å²) in [7, 11) is 0. The number of hydrogen-bond acceptors (Lipinski definition) is 3. The molecule has 3 nitrogen and oxygen atoms in total. The minimum Gasteiger partial charge on any atom is -0.309 e. The Kier molecular flexibility index (Phi) is 3.57. The molecule has 1 aromatic rings. The molecule has 1 atom stereocenters. The van der Waals surface area contributed by atoms with Crippen LogP contribution in [0.3, 0.4) is 0 Å². The maximum Gasteiger partial charge on any atom is 0.244 e. The van der Waals surface area contributed by atoms with E-state index in [0.29, 0.717) is 0 Å². The third kappa shape index (κ3) is 2.27. The monoisotopic (exact) mass is 262 g/mol. The van der Waals surface area contributed by atoms with E-state index in [9.17, 15) is 4.79 Å². The summed E-state index contributed by atoms with van der Waals surface area (Å²) in [6.07, 6.45) is 3.33. The van der Waals surface area contributed by atoms with Gasteiger partial charge in [0.15, 0.2) is 0 Å². The van der Waals surface area contributed by atoms with Crippen LogP contribution in [0.4, 0.5) is 5.69 Å². The topological polar surface area (TPSA) is 32.3 Å². The average molecular weight is 262 g/mol. The number of benzene rings is 1. The molecule has 0 saturated carbocycles. The average Bonchev–Trinajstić information content (AvgIpc) is 2.47. The largest absolute Gasteiger partial charge is 0.309 e. The maximum atomic E-state index is 12.6. The number of amides is 1. The van der Waals surface area contributed by atoms with Gasteiger partial charge in [0.05, 0.1) is 11.7 Å². The molecule has 0 spiro atoms. The molecule has 3 rings (SSSR count). The van der Waals surface area contributed by atoms with E-state index < -0.39 is 0 Å². The number of para-hydroxylation sites is 1. The summed E-state index contributed by atoms with van der Waals surface area (Å²) in [6.45, 7) is 1.80. The van der Waals surface area contributed by atoms with Gasteiger partial charge in [-0.05, 0) is 31.5 Å². The van der Waals surface area contributed by atoms with Crippen LogP contribution in [0.1, 0.15) is 19.3 Å². The van der Waals surface area contributed by atoms with E-state index in [-0.39, 0.29) is 11.9 Å². The highest BCUT2D eigenvalue weighted by molar-refractivity contribution is 7.99. The van der Waals surface area contributed by atoms with Gasteiger partial charge in [0.1, 0.15) is 0 Å². The number of fused-ring (bicyclic) bond motifs is 1.